The molecule has 55 heavy (non-hydrogen) atoms. The maximum atomic E-state index is 12.8. The number of esters is 2. The summed E-state index contributed by atoms with van der Waals surface area (Å²) in [6, 6.07) is 17.9. The average Bonchev–Trinajstić information content (AvgIpc) is 3.15. The third-order valence-electron chi connectivity index (χ3n) is 8.95. The number of phosphoric ester groups is 1. The van der Waals surface area contributed by atoms with E-state index in [2.05, 4.69) is 6.92 Å². The molecule has 2 rings (SSSR count). The van der Waals surface area contributed by atoms with Crippen LogP contribution in [0.25, 0.3) is 12.2 Å². The Hall–Kier alpha value is -3.33. The van der Waals surface area contributed by atoms with Gasteiger partial charge in [-0.15, -0.1) is 0 Å². The smallest absolute Gasteiger partial charge is 0.306 e. The first-order chi connectivity index (χ1) is 26.5. The van der Waals surface area contributed by atoms with Crippen LogP contribution in [0, 0.1) is 0 Å². The summed E-state index contributed by atoms with van der Waals surface area (Å²) < 4.78 is 33.9. The number of ether oxygens (including phenoxy) is 2. The van der Waals surface area contributed by atoms with Crippen molar-refractivity contribution in [3.8, 4) is 0 Å². The number of nitrogens with zero attached hydrogens (tertiary/aromatic N) is 1. The Morgan fingerprint density at radius 3 is 1.78 bits per heavy atom. The molecule has 9 nitrogen and oxygen atoms in total. The van der Waals surface area contributed by atoms with Gasteiger partial charge in [0.1, 0.15) is 19.8 Å². The molecule has 0 heterocycles. The van der Waals surface area contributed by atoms with Crippen LogP contribution in [0.3, 0.4) is 0 Å². The van der Waals surface area contributed by atoms with Crippen molar-refractivity contribution in [1.29, 1.82) is 0 Å². The Kier molecular flexibility index (Phi) is 25.2. The van der Waals surface area contributed by atoms with Crippen LogP contribution < -0.4 is 4.89 Å². The van der Waals surface area contributed by atoms with E-state index in [1.54, 1.807) is 0 Å². The van der Waals surface area contributed by atoms with Gasteiger partial charge in [-0.1, -0.05) is 175 Å². The number of unbranched alkanes of at least 4 members (excludes halogenated alkanes) is 12. The van der Waals surface area contributed by atoms with Gasteiger partial charge >= 0.3 is 11.9 Å². The number of hydrogen-bond donors (Lipinski definition) is 0. The fourth-order valence-electron chi connectivity index (χ4n) is 5.61. The van der Waals surface area contributed by atoms with E-state index in [-0.39, 0.29) is 26.1 Å². The van der Waals surface area contributed by atoms with Crippen LogP contribution in [0.2, 0.25) is 0 Å². The number of carbonyl (C=O) groups is 2. The minimum absolute atomic E-state index is 0.0553. The third-order valence-corrected chi connectivity index (χ3v) is 9.91. The number of likely N-dealkylation sites (N-methyl/N-ethyl adjacent to an activating group) is 1. The van der Waals surface area contributed by atoms with E-state index < -0.39 is 32.5 Å². The molecule has 0 saturated heterocycles. The van der Waals surface area contributed by atoms with E-state index in [9.17, 15) is 19.0 Å². The van der Waals surface area contributed by atoms with Crippen molar-refractivity contribution in [1.82, 2.24) is 0 Å². The van der Waals surface area contributed by atoms with Gasteiger partial charge in [0, 0.05) is 12.8 Å². The van der Waals surface area contributed by atoms with Crippen molar-refractivity contribution in [2.24, 2.45) is 0 Å². The molecule has 0 aliphatic carbocycles. The first-order valence-corrected chi connectivity index (χ1v) is 21.8. The highest BCUT2D eigenvalue weighted by molar-refractivity contribution is 7.45. The summed E-state index contributed by atoms with van der Waals surface area (Å²) in [4.78, 5) is 37.8. The van der Waals surface area contributed by atoms with Gasteiger partial charge in [0.25, 0.3) is 7.82 Å². The molecule has 0 radical (unpaired) electrons. The largest absolute Gasteiger partial charge is 0.756 e. The molecule has 0 bridgehead atoms. The number of quaternary nitrogens is 1. The van der Waals surface area contributed by atoms with E-state index >= 15 is 0 Å². The lowest BCUT2D eigenvalue weighted by atomic mass is 10.0. The Labute approximate surface area is 332 Å². The predicted molar refractivity (Wildman–Crippen MR) is 222 cm³/mol. The molecule has 0 spiro atoms. The monoisotopic (exact) mass is 781 g/mol. The normalized spacial score (nSPS) is 13.8. The predicted octanol–water partition coefficient (Wildman–Crippen LogP) is 10.0. The van der Waals surface area contributed by atoms with Gasteiger partial charge in [-0.25, -0.2) is 0 Å². The SMILES string of the molecule is CCCCCCCCCCCCCCCC(=O)OCC(COP(=O)([O-])OCC[N+](C)(C)C)OC(=O)CCc1ccc(C=CC=CC=Cc2ccccc2)cc1. The second-order valence-electron chi connectivity index (χ2n) is 15.1. The summed E-state index contributed by atoms with van der Waals surface area (Å²) >= 11 is 0. The average molecular weight is 782 g/mol. The maximum absolute atomic E-state index is 12.8. The molecule has 2 aromatic carbocycles. The van der Waals surface area contributed by atoms with Crippen molar-refractivity contribution in [2.75, 3.05) is 47.5 Å². The Morgan fingerprint density at radius 2 is 1.22 bits per heavy atom. The molecule has 0 aromatic heterocycles. The van der Waals surface area contributed by atoms with Gasteiger partial charge in [0.05, 0.1) is 27.7 Å². The maximum Gasteiger partial charge on any atom is 0.306 e. The van der Waals surface area contributed by atoms with Gasteiger partial charge < -0.3 is 27.9 Å². The Balaban J connectivity index is 1.77. The zero-order valence-electron chi connectivity index (χ0n) is 34.0. The lowest BCUT2D eigenvalue weighted by Crippen LogP contribution is -2.37. The molecule has 0 saturated carbocycles. The van der Waals surface area contributed by atoms with Gasteiger partial charge in [0.15, 0.2) is 6.10 Å². The number of phosphoric acid groups is 1. The third kappa shape index (κ3) is 27.0. The quantitative estimate of drug-likeness (QED) is 0.0244. The summed E-state index contributed by atoms with van der Waals surface area (Å²) in [5.74, 6) is -0.965. The number of benzene rings is 2. The highest BCUT2D eigenvalue weighted by Crippen LogP contribution is 2.38. The second-order valence-corrected chi connectivity index (χ2v) is 16.5. The highest BCUT2D eigenvalue weighted by Gasteiger charge is 2.22. The number of rotatable bonds is 31. The molecule has 306 valence electrons. The molecule has 0 N–H and O–H groups in total. The number of hydrogen-bond acceptors (Lipinski definition) is 8. The van der Waals surface area contributed by atoms with Crippen molar-refractivity contribution in [3.63, 3.8) is 0 Å². The topological polar surface area (TPSA) is 111 Å². The van der Waals surface area contributed by atoms with E-state index in [4.69, 9.17) is 18.5 Å². The molecule has 0 fully saturated rings. The van der Waals surface area contributed by atoms with Crippen molar-refractivity contribution < 1.29 is 42.1 Å². The molecule has 0 aliphatic heterocycles. The van der Waals surface area contributed by atoms with E-state index in [0.717, 1.165) is 29.5 Å². The summed E-state index contributed by atoms with van der Waals surface area (Å²) in [6.07, 6.45) is 27.3. The zero-order chi connectivity index (χ0) is 40.0. The van der Waals surface area contributed by atoms with Crippen molar-refractivity contribution in [3.05, 3.63) is 95.6 Å². The fraction of sp³-hybridized carbons (Fsp3) is 0.556. The summed E-state index contributed by atoms with van der Waals surface area (Å²) in [7, 11) is 1.08. The van der Waals surface area contributed by atoms with Crippen LogP contribution in [-0.4, -0.2) is 70.0 Å². The molecular weight excluding hydrogens is 713 g/mol. The summed E-state index contributed by atoms with van der Waals surface area (Å²) in [5.41, 5.74) is 3.11. The van der Waals surface area contributed by atoms with Gasteiger partial charge in [-0.05, 0) is 29.5 Å². The van der Waals surface area contributed by atoms with Crippen LogP contribution in [-0.2, 0) is 39.1 Å². The summed E-state index contributed by atoms with van der Waals surface area (Å²) in [6.45, 7) is 1.82. The van der Waals surface area contributed by atoms with Gasteiger partial charge in [-0.2, -0.15) is 0 Å². The number of carbonyl (C=O) groups excluding carboxylic acids is 2. The van der Waals surface area contributed by atoms with E-state index in [1.807, 2.05) is 112 Å². The zero-order valence-corrected chi connectivity index (χ0v) is 34.9. The molecule has 2 atom stereocenters. The van der Waals surface area contributed by atoms with Crippen LogP contribution in [0.15, 0.2) is 78.9 Å². The molecule has 2 aromatic rings. The first kappa shape index (κ1) is 47.8. The minimum Gasteiger partial charge on any atom is -0.756 e. The molecule has 10 heteroatoms. The van der Waals surface area contributed by atoms with Crippen LogP contribution in [0.1, 0.15) is 120 Å². The minimum atomic E-state index is -4.67. The molecule has 0 amide bonds. The Morgan fingerprint density at radius 1 is 0.673 bits per heavy atom. The fourth-order valence-corrected chi connectivity index (χ4v) is 6.34. The van der Waals surface area contributed by atoms with Crippen molar-refractivity contribution in [2.45, 2.75) is 116 Å². The lowest BCUT2D eigenvalue weighted by Gasteiger charge is -2.28. The van der Waals surface area contributed by atoms with E-state index in [0.29, 0.717) is 23.9 Å². The van der Waals surface area contributed by atoms with Crippen molar-refractivity contribution >= 4 is 31.9 Å². The second kappa shape index (κ2) is 29.0. The number of aryl methyl sites for hydroxylation is 1. The number of allylic oxidation sites excluding steroid dienone is 4. The van der Waals surface area contributed by atoms with Gasteiger partial charge in [0.2, 0.25) is 0 Å². The Bertz CT molecular complexity index is 1450. The van der Waals surface area contributed by atoms with Crippen LogP contribution >= 0.6 is 7.82 Å². The van der Waals surface area contributed by atoms with Crippen LogP contribution in [0.5, 0.6) is 0 Å². The molecular formula is C45H68NO8P. The summed E-state index contributed by atoms with van der Waals surface area (Å²) in [5, 5.41) is 0. The van der Waals surface area contributed by atoms with E-state index in [1.165, 1.54) is 64.2 Å². The van der Waals surface area contributed by atoms with Gasteiger partial charge in [-0.3, -0.25) is 14.2 Å². The highest BCUT2D eigenvalue weighted by atomic mass is 31.2. The first-order valence-electron chi connectivity index (χ1n) is 20.4. The molecule has 2 unspecified atom stereocenters. The lowest BCUT2D eigenvalue weighted by molar-refractivity contribution is -0.870. The van der Waals surface area contributed by atoms with Crippen LogP contribution in [0.4, 0.5) is 0 Å². The molecule has 0 aliphatic rings. The standard InChI is InChI=1S/C45H68NO8P/c1-5-6-7-8-9-10-11-12-13-14-15-16-24-29-44(47)51-38-43(39-53-55(49,50)52-37-36-46(2,3)4)54-45(48)35-34-42-32-30-41(31-33-42)28-21-18-17-20-25-40-26-22-19-23-27-40/h17-23,25-28,30-33,43H,5-16,24,29,34-39H2,1-4H3.